The molecule has 6 heteroatoms. The monoisotopic (exact) mass is 326 g/mol. The van der Waals surface area contributed by atoms with Gasteiger partial charge in [0.05, 0.1) is 22.3 Å². The second kappa shape index (κ2) is 8.42. The van der Waals surface area contributed by atoms with E-state index in [1.807, 2.05) is 13.1 Å². The van der Waals surface area contributed by atoms with E-state index in [-0.39, 0.29) is 10.6 Å². The molecule has 0 N–H and O–H groups in total. The Morgan fingerprint density at radius 3 is 2.71 bits per heavy atom. The lowest BCUT2D eigenvalue weighted by molar-refractivity contribution is 0.270. The van der Waals surface area contributed by atoms with Gasteiger partial charge in [-0.05, 0) is 37.9 Å². The van der Waals surface area contributed by atoms with E-state index in [9.17, 15) is 8.42 Å². The molecule has 21 heavy (non-hydrogen) atoms. The van der Waals surface area contributed by atoms with Crippen molar-refractivity contribution >= 4 is 21.6 Å². The van der Waals surface area contributed by atoms with E-state index in [0.717, 1.165) is 12.2 Å². The van der Waals surface area contributed by atoms with Crippen LogP contribution in [0.15, 0.2) is 29.2 Å². The molecule has 116 valence electrons. The number of thioether (sulfide) groups is 1. The van der Waals surface area contributed by atoms with Crippen molar-refractivity contribution in [1.29, 1.82) is 5.26 Å². The van der Waals surface area contributed by atoms with Crippen molar-refractivity contribution in [3.8, 4) is 6.07 Å². The molecular weight excluding hydrogens is 304 g/mol. The van der Waals surface area contributed by atoms with Crippen LogP contribution in [0.4, 0.5) is 0 Å². The maximum Gasteiger partial charge on any atom is 0.179 e. The van der Waals surface area contributed by atoms with E-state index >= 15 is 0 Å². The van der Waals surface area contributed by atoms with Gasteiger partial charge in [0.1, 0.15) is 0 Å². The SMILES string of the molecule is CCC(CSC)N(C)CCS(=O)(=O)c1cccc(C#N)c1. The molecule has 0 fully saturated rings. The van der Waals surface area contributed by atoms with E-state index in [2.05, 4.69) is 18.1 Å². The predicted octanol–water partition coefficient (Wildman–Crippen LogP) is 2.41. The van der Waals surface area contributed by atoms with Gasteiger partial charge in [-0.1, -0.05) is 13.0 Å². The lowest BCUT2D eigenvalue weighted by Crippen LogP contribution is -2.36. The third kappa shape index (κ3) is 5.34. The lowest BCUT2D eigenvalue weighted by atomic mass is 10.2. The number of benzene rings is 1. The number of sulfone groups is 1. The fourth-order valence-electron chi connectivity index (χ4n) is 2.07. The minimum absolute atomic E-state index is 0.0727. The third-order valence-electron chi connectivity index (χ3n) is 3.49. The smallest absolute Gasteiger partial charge is 0.179 e. The first-order chi connectivity index (χ1) is 9.94. The summed E-state index contributed by atoms with van der Waals surface area (Å²) < 4.78 is 24.7. The Morgan fingerprint density at radius 1 is 1.43 bits per heavy atom. The summed E-state index contributed by atoms with van der Waals surface area (Å²) >= 11 is 1.77. The van der Waals surface area contributed by atoms with Gasteiger partial charge < -0.3 is 4.90 Å². The molecule has 0 aliphatic carbocycles. The molecule has 0 aliphatic heterocycles. The molecule has 0 aromatic heterocycles. The molecule has 0 heterocycles. The van der Waals surface area contributed by atoms with Crippen LogP contribution >= 0.6 is 11.8 Å². The van der Waals surface area contributed by atoms with Crippen LogP contribution in [-0.4, -0.2) is 50.7 Å². The van der Waals surface area contributed by atoms with Crippen molar-refractivity contribution in [3.63, 3.8) is 0 Å². The first kappa shape index (κ1) is 18.0. The Bertz CT molecular complexity index is 594. The predicted molar refractivity (Wildman–Crippen MR) is 88.3 cm³/mol. The fraction of sp³-hybridized carbons (Fsp3) is 0.533. The van der Waals surface area contributed by atoms with Crippen molar-refractivity contribution in [3.05, 3.63) is 29.8 Å². The average Bonchev–Trinajstić information content (AvgIpc) is 2.50. The lowest BCUT2D eigenvalue weighted by Gasteiger charge is -2.26. The molecule has 0 spiro atoms. The summed E-state index contributed by atoms with van der Waals surface area (Å²) in [6.45, 7) is 2.61. The molecule has 1 aromatic carbocycles. The van der Waals surface area contributed by atoms with Crippen LogP contribution in [0.25, 0.3) is 0 Å². The quantitative estimate of drug-likeness (QED) is 0.734. The molecule has 0 saturated heterocycles. The highest BCUT2D eigenvalue weighted by atomic mass is 32.2. The number of nitrogens with zero attached hydrogens (tertiary/aromatic N) is 2. The summed E-state index contributed by atoms with van der Waals surface area (Å²) in [7, 11) is -1.38. The molecule has 4 nitrogen and oxygen atoms in total. The van der Waals surface area contributed by atoms with E-state index in [1.165, 1.54) is 6.07 Å². The van der Waals surface area contributed by atoms with Crippen molar-refractivity contribution in [1.82, 2.24) is 4.90 Å². The maximum absolute atomic E-state index is 12.3. The Hall–Kier alpha value is -1.03. The zero-order valence-corrected chi connectivity index (χ0v) is 14.4. The molecule has 1 unspecified atom stereocenters. The molecule has 0 aliphatic rings. The van der Waals surface area contributed by atoms with Gasteiger partial charge in [-0.15, -0.1) is 0 Å². The van der Waals surface area contributed by atoms with Gasteiger partial charge in [-0.2, -0.15) is 17.0 Å². The van der Waals surface area contributed by atoms with Crippen molar-refractivity contribution in [2.24, 2.45) is 0 Å². The largest absolute Gasteiger partial charge is 0.302 e. The Morgan fingerprint density at radius 2 is 2.14 bits per heavy atom. The van der Waals surface area contributed by atoms with Crippen molar-refractivity contribution in [2.45, 2.75) is 24.3 Å². The topological polar surface area (TPSA) is 61.2 Å². The summed E-state index contributed by atoms with van der Waals surface area (Å²) in [5.74, 6) is 1.07. The molecule has 1 atom stereocenters. The first-order valence-electron chi connectivity index (χ1n) is 6.86. The molecule has 0 saturated carbocycles. The molecule has 1 aromatic rings. The third-order valence-corrected chi connectivity index (χ3v) is 5.90. The van der Waals surface area contributed by atoms with Gasteiger partial charge in [0.15, 0.2) is 9.84 Å². The fourth-order valence-corrected chi connectivity index (χ4v) is 4.30. The molecule has 0 radical (unpaired) electrons. The number of nitriles is 1. The van der Waals surface area contributed by atoms with Crippen LogP contribution < -0.4 is 0 Å². The zero-order chi connectivity index (χ0) is 15.9. The van der Waals surface area contributed by atoms with E-state index in [4.69, 9.17) is 5.26 Å². The second-order valence-corrected chi connectivity index (χ2v) is 7.98. The van der Waals surface area contributed by atoms with Gasteiger partial charge in [0.25, 0.3) is 0 Å². The molecule has 0 bridgehead atoms. The van der Waals surface area contributed by atoms with Crippen LogP contribution in [-0.2, 0) is 9.84 Å². The highest BCUT2D eigenvalue weighted by molar-refractivity contribution is 7.98. The summed E-state index contributed by atoms with van der Waals surface area (Å²) in [4.78, 5) is 2.33. The van der Waals surface area contributed by atoms with E-state index in [1.54, 1.807) is 30.0 Å². The highest BCUT2D eigenvalue weighted by Gasteiger charge is 2.18. The average molecular weight is 326 g/mol. The summed E-state index contributed by atoms with van der Waals surface area (Å²) in [6.07, 6.45) is 3.06. The summed E-state index contributed by atoms with van der Waals surface area (Å²) in [6, 6.07) is 8.57. The van der Waals surface area contributed by atoms with Gasteiger partial charge >= 0.3 is 0 Å². The Labute approximate surface area is 132 Å². The van der Waals surface area contributed by atoms with Gasteiger partial charge in [-0.25, -0.2) is 8.42 Å². The maximum atomic E-state index is 12.3. The van der Waals surface area contributed by atoms with E-state index in [0.29, 0.717) is 18.2 Å². The van der Waals surface area contributed by atoms with Crippen LogP contribution in [0.2, 0.25) is 0 Å². The standard InChI is InChI=1S/C15H22N2O2S2/c1-4-14(12-20-3)17(2)8-9-21(18,19)15-7-5-6-13(10-15)11-16/h5-7,10,14H,4,8-9,12H2,1-3H3. The summed E-state index contributed by atoms with van der Waals surface area (Å²) in [5.41, 5.74) is 0.373. The van der Waals surface area contributed by atoms with E-state index < -0.39 is 9.84 Å². The number of hydrogen-bond donors (Lipinski definition) is 0. The summed E-state index contributed by atoms with van der Waals surface area (Å²) in [5, 5.41) is 8.85. The van der Waals surface area contributed by atoms with Gasteiger partial charge in [0.2, 0.25) is 0 Å². The zero-order valence-electron chi connectivity index (χ0n) is 12.7. The van der Waals surface area contributed by atoms with Crippen LogP contribution in [0, 0.1) is 11.3 Å². The van der Waals surface area contributed by atoms with Crippen LogP contribution in [0.3, 0.4) is 0 Å². The minimum atomic E-state index is -3.34. The molecule has 1 rings (SSSR count). The first-order valence-corrected chi connectivity index (χ1v) is 9.91. The molecule has 0 amide bonds. The Balaban J connectivity index is 2.75. The minimum Gasteiger partial charge on any atom is -0.302 e. The highest BCUT2D eigenvalue weighted by Crippen LogP contribution is 2.14. The number of hydrogen-bond acceptors (Lipinski definition) is 5. The van der Waals surface area contributed by atoms with Crippen molar-refractivity contribution < 1.29 is 8.42 Å². The van der Waals surface area contributed by atoms with Gasteiger partial charge in [0, 0.05) is 18.3 Å². The number of rotatable bonds is 8. The second-order valence-electron chi connectivity index (χ2n) is 4.96. The normalized spacial score (nSPS) is 13.1. The van der Waals surface area contributed by atoms with Gasteiger partial charge in [-0.3, -0.25) is 0 Å². The van der Waals surface area contributed by atoms with Crippen LogP contribution in [0.1, 0.15) is 18.9 Å². The molecular formula is C15H22N2O2S2. The van der Waals surface area contributed by atoms with Crippen LogP contribution in [0.5, 0.6) is 0 Å². The Kier molecular flexibility index (Phi) is 7.23. The van der Waals surface area contributed by atoms with Crippen molar-refractivity contribution in [2.75, 3.05) is 31.4 Å².